The topological polar surface area (TPSA) is 58.6 Å². The van der Waals surface area contributed by atoms with E-state index < -0.39 is 0 Å². The first-order chi connectivity index (χ1) is 10.6. The molecule has 3 rings (SSSR count). The van der Waals surface area contributed by atoms with Crippen LogP contribution in [0.3, 0.4) is 0 Å². The first-order valence-electron chi connectivity index (χ1n) is 7.98. The number of anilines is 1. The third-order valence-corrected chi connectivity index (χ3v) is 4.40. The quantitative estimate of drug-likeness (QED) is 0.926. The summed E-state index contributed by atoms with van der Waals surface area (Å²) in [7, 11) is 0. The van der Waals surface area contributed by atoms with Crippen LogP contribution in [0.1, 0.15) is 43.0 Å². The molecule has 0 aromatic heterocycles. The van der Waals surface area contributed by atoms with Crippen LogP contribution < -0.4 is 10.2 Å². The summed E-state index contributed by atoms with van der Waals surface area (Å²) in [5.41, 5.74) is 1.48. The number of carbonyl (C=O) groups excluding carboxylic acids is 2. The lowest BCUT2D eigenvalue weighted by molar-refractivity contribution is -0.117. The van der Waals surface area contributed by atoms with E-state index in [1.807, 2.05) is 19.1 Å². The standard InChI is InChI=1S/C17H22N2O3/c1-12(15-4-3-11-22-15)18-17(21)13-6-8-14(9-7-13)19-10-2-5-16(19)20/h6-9,12,15H,2-5,10-11H2,1H3,(H,18,21)/t12-,15-/m0/s1. The molecule has 2 heterocycles. The monoisotopic (exact) mass is 302 g/mol. The molecule has 5 heteroatoms. The van der Waals surface area contributed by atoms with Gasteiger partial charge in [-0.15, -0.1) is 0 Å². The van der Waals surface area contributed by atoms with Gasteiger partial charge in [-0.25, -0.2) is 0 Å². The molecular formula is C17H22N2O3. The number of ether oxygens (including phenoxy) is 1. The van der Waals surface area contributed by atoms with Crippen LogP contribution in [-0.4, -0.2) is 37.1 Å². The van der Waals surface area contributed by atoms with E-state index in [1.165, 1.54) is 0 Å². The Hall–Kier alpha value is -1.88. The maximum Gasteiger partial charge on any atom is 0.251 e. The molecule has 118 valence electrons. The molecule has 0 spiro atoms. The fourth-order valence-corrected chi connectivity index (χ4v) is 3.09. The van der Waals surface area contributed by atoms with Crippen LogP contribution in [0.25, 0.3) is 0 Å². The molecule has 2 aliphatic heterocycles. The van der Waals surface area contributed by atoms with Crippen molar-refractivity contribution >= 4 is 17.5 Å². The Morgan fingerprint density at radius 1 is 1.32 bits per heavy atom. The molecular weight excluding hydrogens is 280 g/mol. The minimum Gasteiger partial charge on any atom is -0.376 e. The summed E-state index contributed by atoms with van der Waals surface area (Å²) in [4.78, 5) is 25.8. The van der Waals surface area contributed by atoms with E-state index in [1.54, 1.807) is 17.0 Å². The van der Waals surface area contributed by atoms with Gasteiger partial charge in [-0.1, -0.05) is 0 Å². The van der Waals surface area contributed by atoms with Gasteiger partial charge in [0.25, 0.3) is 5.91 Å². The lowest BCUT2D eigenvalue weighted by atomic mass is 10.1. The van der Waals surface area contributed by atoms with Crippen LogP contribution in [0.4, 0.5) is 5.69 Å². The minimum atomic E-state index is -0.0951. The van der Waals surface area contributed by atoms with Crippen molar-refractivity contribution in [3.63, 3.8) is 0 Å². The molecule has 0 unspecified atom stereocenters. The van der Waals surface area contributed by atoms with Gasteiger partial charge in [0, 0.05) is 30.8 Å². The molecule has 22 heavy (non-hydrogen) atoms. The number of nitrogens with one attached hydrogen (secondary N) is 1. The van der Waals surface area contributed by atoms with Crippen molar-refractivity contribution in [2.45, 2.75) is 44.8 Å². The molecule has 1 aromatic carbocycles. The second-order valence-electron chi connectivity index (χ2n) is 6.01. The van der Waals surface area contributed by atoms with E-state index in [0.29, 0.717) is 12.0 Å². The van der Waals surface area contributed by atoms with Crippen molar-refractivity contribution in [1.82, 2.24) is 5.32 Å². The molecule has 0 bridgehead atoms. The number of amides is 2. The molecule has 1 N–H and O–H groups in total. The molecule has 2 aliphatic rings. The molecule has 0 saturated carbocycles. The number of rotatable bonds is 4. The number of nitrogens with zero attached hydrogens (tertiary/aromatic N) is 1. The lowest BCUT2D eigenvalue weighted by Crippen LogP contribution is -2.40. The van der Waals surface area contributed by atoms with Crippen molar-refractivity contribution in [3.05, 3.63) is 29.8 Å². The predicted octanol–water partition coefficient (Wildman–Crippen LogP) is 2.11. The average molecular weight is 302 g/mol. The molecule has 2 fully saturated rings. The number of benzene rings is 1. The number of carbonyl (C=O) groups is 2. The van der Waals surface area contributed by atoms with Crippen molar-refractivity contribution in [3.8, 4) is 0 Å². The van der Waals surface area contributed by atoms with Gasteiger partial charge >= 0.3 is 0 Å². The zero-order valence-corrected chi connectivity index (χ0v) is 12.9. The van der Waals surface area contributed by atoms with Gasteiger partial charge in [0.05, 0.1) is 12.1 Å². The highest BCUT2D eigenvalue weighted by atomic mass is 16.5. The maximum atomic E-state index is 12.3. The third kappa shape index (κ3) is 3.14. The summed E-state index contributed by atoms with van der Waals surface area (Å²) in [5.74, 6) is 0.0616. The van der Waals surface area contributed by atoms with Crippen LogP contribution in [0.15, 0.2) is 24.3 Å². The van der Waals surface area contributed by atoms with E-state index >= 15 is 0 Å². The van der Waals surface area contributed by atoms with Crippen LogP contribution in [-0.2, 0) is 9.53 Å². The lowest BCUT2D eigenvalue weighted by Gasteiger charge is -2.20. The van der Waals surface area contributed by atoms with Gasteiger partial charge in [0.15, 0.2) is 0 Å². The fourth-order valence-electron chi connectivity index (χ4n) is 3.09. The number of hydrogen-bond donors (Lipinski definition) is 1. The van der Waals surface area contributed by atoms with E-state index in [4.69, 9.17) is 4.74 Å². The van der Waals surface area contributed by atoms with Gasteiger partial charge in [0.1, 0.15) is 0 Å². The summed E-state index contributed by atoms with van der Waals surface area (Å²) in [5, 5.41) is 2.99. The highest BCUT2D eigenvalue weighted by Gasteiger charge is 2.24. The zero-order chi connectivity index (χ0) is 15.5. The second-order valence-corrected chi connectivity index (χ2v) is 6.01. The summed E-state index contributed by atoms with van der Waals surface area (Å²) in [6, 6.07) is 7.25. The molecule has 5 nitrogen and oxygen atoms in total. The Labute approximate surface area is 130 Å². The van der Waals surface area contributed by atoms with Crippen LogP contribution in [0.2, 0.25) is 0 Å². The van der Waals surface area contributed by atoms with Gasteiger partial charge in [-0.3, -0.25) is 9.59 Å². The highest BCUT2D eigenvalue weighted by molar-refractivity contribution is 5.97. The van der Waals surface area contributed by atoms with Crippen LogP contribution in [0.5, 0.6) is 0 Å². The Morgan fingerprint density at radius 3 is 2.68 bits per heavy atom. The first-order valence-corrected chi connectivity index (χ1v) is 7.98. The minimum absolute atomic E-state index is 0.00911. The maximum absolute atomic E-state index is 12.3. The smallest absolute Gasteiger partial charge is 0.251 e. The van der Waals surface area contributed by atoms with E-state index in [2.05, 4.69) is 5.32 Å². The Morgan fingerprint density at radius 2 is 2.09 bits per heavy atom. The van der Waals surface area contributed by atoms with E-state index in [-0.39, 0.29) is 24.0 Å². The molecule has 2 amide bonds. The first kappa shape index (κ1) is 15.0. The Kier molecular flexibility index (Phi) is 4.43. The van der Waals surface area contributed by atoms with Crippen LogP contribution >= 0.6 is 0 Å². The van der Waals surface area contributed by atoms with Crippen molar-refractivity contribution in [1.29, 1.82) is 0 Å². The fraction of sp³-hybridized carbons (Fsp3) is 0.529. The van der Waals surface area contributed by atoms with Crippen molar-refractivity contribution in [2.24, 2.45) is 0 Å². The summed E-state index contributed by atoms with van der Waals surface area (Å²) in [6.45, 7) is 3.52. The van der Waals surface area contributed by atoms with E-state index in [0.717, 1.165) is 38.1 Å². The number of hydrogen-bond acceptors (Lipinski definition) is 3. The molecule has 2 atom stereocenters. The summed E-state index contributed by atoms with van der Waals surface area (Å²) < 4.78 is 5.59. The van der Waals surface area contributed by atoms with Crippen LogP contribution in [0, 0.1) is 0 Å². The largest absolute Gasteiger partial charge is 0.376 e. The van der Waals surface area contributed by atoms with Crippen molar-refractivity contribution < 1.29 is 14.3 Å². The zero-order valence-electron chi connectivity index (χ0n) is 12.9. The van der Waals surface area contributed by atoms with Crippen molar-refractivity contribution in [2.75, 3.05) is 18.1 Å². The summed E-state index contributed by atoms with van der Waals surface area (Å²) in [6.07, 6.45) is 3.69. The molecule has 2 saturated heterocycles. The summed E-state index contributed by atoms with van der Waals surface area (Å²) >= 11 is 0. The van der Waals surface area contributed by atoms with Gasteiger partial charge in [-0.2, -0.15) is 0 Å². The third-order valence-electron chi connectivity index (χ3n) is 4.40. The SMILES string of the molecule is C[C@H](NC(=O)c1ccc(N2CCCC2=O)cc1)[C@@H]1CCCO1. The Balaban J connectivity index is 1.62. The predicted molar refractivity (Wildman–Crippen MR) is 83.9 cm³/mol. The molecule has 1 aromatic rings. The Bertz CT molecular complexity index is 550. The van der Waals surface area contributed by atoms with E-state index in [9.17, 15) is 9.59 Å². The van der Waals surface area contributed by atoms with Gasteiger partial charge in [-0.05, 0) is 50.5 Å². The van der Waals surface area contributed by atoms with Gasteiger partial charge < -0.3 is 15.0 Å². The highest BCUT2D eigenvalue weighted by Crippen LogP contribution is 2.22. The normalized spacial score (nSPS) is 22.9. The average Bonchev–Trinajstić information content (AvgIpc) is 3.18. The second kappa shape index (κ2) is 6.48. The molecule has 0 aliphatic carbocycles. The molecule has 0 radical (unpaired) electrons. The van der Waals surface area contributed by atoms with Gasteiger partial charge in [0.2, 0.25) is 5.91 Å².